The third-order valence-electron chi connectivity index (χ3n) is 3.21. The highest BCUT2D eigenvalue weighted by Gasteiger charge is 2.58. The summed E-state index contributed by atoms with van der Waals surface area (Å²) in [5.41, 5.74) is 0.483. The van der Waals surface area contributed by atoms with Crippen molar-refractivity contribution in [2.75, 3.05) is 12.4 Å². The Kier molecular flexibility index (Phi) is 1.87. The molecule has 1 aliphatic carbocycles. The fourth-order valence-electron chi connectivity index (χ4n) is 2.15. The zero-order valence-corrected chi connectivity index (χ0v) is 9.03. The molecule has 1 atom stereocenters. The molecule has 1 unspecified atom stereocenters. The molecule has 4 heteroatoms. The Morgan fingerprint density at radius 1 is 1.50 bits per heavy atom. The van der Waals surface area contributed by atoms with E-state index in [1.165, 1.54) is 7.11 Å². The van der Waals surface area contributed by atoms with Gasteiger partial charge in [-0.3, -0.25) is 0 Å². The summed E-state index contributed by atoms with van der Waals surface area (Å²) in [6.45, 7) is 0. The van der Waals surface area contributed by atoms with Gasteiger partial charge in [0.1, 0.15) is 11.4 Å². The van der Waals surface area contributed by atoms with Crippen LogP contribution in [0.25, 0.3) is 0 Å². The highest BCUT2D eigenvalue weighted by atomic mass is 16.5. The number of fused-ring (bicyclic) bond motifs is 1. The summed E-state index contributed by atoms with van der Waals surface area (Å²) < 4.78 is 10.7. The summed E-state index contributed by atoms with van der Waals surface area (Å²) in [6, 6.07) is 7.27. The number of hydrogen-bond acceptors (Lipinski definition) is 4. The minimum absolute atomic E-state index is 0.257. The van der Waals surface area contributed by atoms with Gasteiger partial charge in [0, 0.05) is 0 Å². The Balaban J connectivity index is 1.96. The number of para-hydroxylation sites is 2. The van der Waals surface area contributed by atoms with E-state index in [1.54, 1.807) is 0 Å². The van der Waals surface area contributed by atoms with E-state index in [-0.39, 0.29) is 17.6 Å². The minimum atomic E-state index is -0.382. The Labute approximate surface area is 93.5 Å². The standard InChI is InChI=1S/C12H13NO3/c1-15-11(14)10-12(6-7-12)16-9-5-3-2-4-8(9)13-10/h2-5,10,13H,6-7H2,1H3. The van der Waals surface area contributed by atoms with Crippen LogP contribution in [0.3, 0.4) is 0 Å². The van der Waals surface area contributed by atoms with E-state index in [2.05, 4.69) is 5.32 Å². The zero-order valence-electron chi connectivity index (χ0n) is 9.03. The Morgan fingerprint density at radius 2 is 2.25 bits per heavy atom. The molecule has 0 saturated heterocycles. The van der Waals surface area contributed by atoms with Crippen LogP contribution in [0.4, 0.5) is 5.69 Å². The second kappa shape index (κ2) is 3.14. The van der Waals surface area contributed by atoms with Crippen LogP contribution in [-0.4, -0.2) is 24.7 Å². The van der Waals surface area contributed by atoms with E-state index in [0.29, 0.717) is 0 Å². The average molecular weight is 219 g/mol. The van der Waals surface area contributed by atoms with Crippen LogP contribution in [0.2, 0.25) is 0 Å². The molecule has 4 nitrogen and oxygen atoms in total. The molecular formula is C12H13NO3. The molecule has 1 fully saturated rings. The van der Waals surface area contributed by atoms with E-state index in [4.69, 9.17) is 9.47 Å². The van der Waals surface area contributed by atoms with Crippen LogP contribution < -0.4 is 10.1 Å². The summed E-state index contributed by atoms with van der Waals surface area (Å²) in [5, 5.41) is 3.20. The summed E-state index contributed by atoms with van der Waals surface area (Å²) in [4.78, 5) is 11.7. The zero-order chi connectivity index (χ0) is 11.2. The van der Waals surface area contributed by atoms with Gasteiger partial charge in [-0.15, -0.1) is 0 Å². The molecule has 0 bridgehead atoms. The predicted octanol–water partition coefficient (Wildman–Crippen LogP) is 1.57. The Morgan fingerprint density at radius 3 is 2.94 bits per heavy atom. The van der Waals surface area contributed by atoms with E-state index < -0.39 is 0 Å². The van der Waals surface area contributed by atoms with Crippen molar-refractivity contribution >= 4 is 11.7 Å². The maximum absolute atomic E-state index is 11.7. The minimum Gasteiger partial charge on any atom is -0.482 e. The molecule has 0 radical (unpaired) electrons. The van der Waals surface area contributed by atoms with E-state index in [9.17, 15) is 4.79 Å². The first-order chi connectivity index (χ1) is 7.75. The van der Waals surface area contributed by atoms with Crippen molar-refractivity contribution in [1.29, 1.82) is 0 Å². The van der Waals surface area contributed by atoms with Gasteiger partial charge in [0.2, 0.25) is 0 Å². The third-order valence-corrected chi connectivity index (χ3v) is 3.21. The fraction of sp³-hybridized carbons (Fsp3) is 0.417. The van der Waals surface area contributed by atoms with E-state index >= 15 is 0 Å². The van der Waals surface area contributed by atoms with Crippen molar-refractivity contribution in [2.24, 2.45) is 0 Å². The maximum atomic E-state index is 11.7. The first-order valence-corrected chi connectivity index (χ1v) is 5.38. The Hall–Kier alpha value is -1.71. The van der Waals surface area contributed by atoms with Gasteiger partial charge in [0.25, 0.3) is 0 Å². The number of rotatable bonds is 1. The lowest BCUT2D eigenvalue weighted by Crippen LogP contribution is -2.49. The molecule has 1 aromatic rings. The Bertz CT molecular complexity index is 440. The van der Waals surface area contributed by atoms with Crippen molar-refractivity contribution in [3.63, 3.8) is 0 Å². The number of ether oxygens (including phenoxy) is 2. The van der Waals surface area contributed by atoms with Gasteiger partial charge < -0.3 is 14.8 Å². The highest BCUT2D eigenvalue weighted by molar-refractivity contribution is 5.83. The molecule has 0 amide bonds. The van der Waals surface area contributed by atoms with Crippen LogP contribution >= 0.6 is 0 Å². The molecule has 1 spiro atoms. The predicted molar refractivity (Wildman–Crippen MR) is 58.5 cm³/mol. The smallest absolute Gasteiger partial charge is 0.332 e. The van der Waals surface area contributed by atoms with Crippen LogP contribution in [0.1, 0.15) is 12.8 Å². The van der Waals surface area contributed by atoms with Crippen molar-refractivity contribution in [3.8, 4) is 5.75 Å². The van der Waals surface area contributed by atoms with Gasteiger partial charge in [-0.2, -0.15) is 0 Å². The van der Waals surface area contributed by atoms with Gasteiger partial charge in [-0.25, -0.2) is 4.79 Å². The lowest BCUT2D eigenvalue weighted by Gasteiger charge is -2.33. The first kappa shape index (κ1) is 9.51. The number of anilines is 1. The molecule has 1 heterocycles. The van der Waals surface area contributed by atoms with Crippen molar-refractivity contribution < 1.29 is 14.3 Å². The SMILES string of the molecule is COC(=O)C1Nc2ccccc2OC12CC2. The fourth-order valence-corrected chi connectivity index (χ4v) is 2.15. The molecule has 1 aliphatic heterocycles. The molecule has 1 saturated carbocycles. The summed E-state index contributed by atoms with van der Waals surface area (Å²) in [6.07, 6.45) is 1.79. The van der Waals surface area contributed by atoms with Gasteiger partial charge in [-0.05, 0) is 25.0 Å². The van der Waals surface area contributed by atoms with Gasteiger partial charge in [0.05, 0.1) is 12.8 Å². The first-order valence-electron chi connectivity index (χ1n) is 5.38. The molecule has 84 valence electrons. The monoisotopic (exact) mass is 219 g/mol. The topological polar surface area (TPSA) is 47.6 Å². The molecule has 1 aromatic carbocycles. The highest BCUT2D eigenvalue weighted by Crippen LogP contribution is 2.49. The molecular weight excluding hydrogens is 206 g/mol. The van der Waals surface area contributed by atoms with Crippen LogP contribution in [0.5, 0.6) is 5.75 Å². The third kappa shape index (κ3) is 1.26. The van der Waals surface area contributed by atoms with Gasteiger partial charge in [0.15, 0.2) is 6.04 Å². The molecule has 1 N–H and O–H groups in total. The summed E-state index contributed by atoms with van der Waals surface area (Å²) >= 11 is 0. The van der Waals surface area contributed by atoms with E-state index in [1.807, 2.05) is 24.3 Å². The van der Waals surface area contributed by atoms with Crippen LogP contribution in [0, 0.1) is 0 Å². The van der Waals surface area contributed by atoms with E-state index in [0.717, 1.165) is 24.3 Å². The van der Waals surface area contributed by atoms with Crippen molar-refractivity contribution in [2.45, 2.75) is 24.5 Å². The van der Waals surface area contributed by atoms with Crippen molar-refractivity contribution in [1.82, 2.24) is 0 Å². The van der Waals surface area contributed by atoms with Gasteiger partial charge in [-0.1, -0.05) is 12.1 Å². The number of benzene rings is 1. The average Bonchev–Trinajstić information content (AvgIpc) is 3.07. The second-order valence-corrected chi connectivity index (χ2v) is 4.26. The largest absolute Gasteiger partial charge is 0.482 e. The second-order valence-electron chi connectivity index (χ2n) is 4.26. The number of esters is 1. The number of carbonyl (C=O) groups is 1. The molecule has 0 aromatic heterocycles. The quantitative estimate of drug-likeness (QED) is 0.728. The number of hydrogen-bond donors (Lipinski definition) is 1. The lowest BCUT2D eigenvalue weighted by molar-refractivity contribution is -0.144. The summed E-state index contributed by atoms with van der Waals surface area (Å²) in [5.74, 6) is 0.562. The molecule has 16 heavy (non-hydrogen) atoms. The number of carbonyl (C=O) groups excluding carboxylic acids is 1. The van der Waals surface area contributed by atoms with Gasteiger partial charge >= 0.3 is 5.97 Å². The summed E-state index contributed by atoms with van der Waals surface area (Å²) in [7, 11) is 1.40. The number of methoxy groups -OCH3 is 1. The van der Waals surface area contributed by atoms with Crippen LogP contribution in [0.15, 0.2) is 24.3 Å². The normalized spacial score (nSPS) is 23.9. The molecule has 2 aliphatic rings. The van der Waals surface area contributed by atoms with Crippen LogP contribution in [-0.2, 0) is 9.53 Å². The maximum Gasteiger partial charge on any atom is 0.332 e. The van der Waals surface area contributed by atoms with Crippen molar-refractivity contribution in [3.05, 3.63) is 24.3 Å². The number of nitrogens with one attached hydrogen (secondary N) is 1. The lowest BCUT2D eigenvalue weighted by atomic mass is 10.1. The molecule has 3 rings (SSSR count).